The molecule has 230 valence electrons. The first kappa shape index (κ1) is 37.0. The molecule has 4 atom stereocenters. The normalized spacial score (nSPS) is 21.4. The van der Waals surface area contributed by atoms with E-state index in [-0.39, 0.29) is 27.7 Å². The summed E-state index contributed by atoms with van der Waals surface area (Å²) in [7, 11) is -7.30. The summed E-state index contributed by atoms with van der Waals surface area (Å²) in [5.41, 5.74) is -12.2. The lowest BCUT2D eigenvalue weighted by molar-refractivity contribution is -0.478. The van der Waals surface area contributed by atoms with E-state index in [0.717, 1.165) is 0 Å². The summed E-state index contributed by atoms with van der Waals surface area (Å²) < 4.78 is 224. The second kappa shape index (κ2) is 10.1. The van der Waals surface area contributed by atoms with Crippen LogP contribution in [0.25, 0.3) is 0 Å². The Balaban J connectivity index is 8.02. The first-order valence-corrected chi connectivity index (χ1v) is 12.3. The summed E-state index contributed by atoms with van der Waals surface area (Å²) in [6.07, 6.45) is -16.4. The molecule has 0 heterocycles. The Morgan fingerprint density at radius 3 is 1.26 bits per heavy atom. The average molecular weight is 612 g/mol. The SMILES string of the molecule is CCC(C)(C(F)(F)C(F)F)C(C)(CC)C(F)(F)C(F)(OC(F)(F)C(F)(F)S(=O)(=O)O)C(C)(CC)C(C)(F)F. The molecular formula is C20H29F13O4S. The summed E-state index contributed by atoms with van der Waals surface area (Å²) in [4.78, 5) is 0. The first-order valence-electron chi connectivity index (χ1n) is 10.9. The van der Waals surface area contributed by atoms with Crippen LogP contribution in [0.3, 0.4) is 0 Å². The topological polar surface area (TPSA) is 63.6 Å². The van der Waals surface area contributed by atoms with Crippen molar-refractivity contribution in [1.29, 1.82) is 0 Å². The highest BCUT2D eigenvalue weighted by Gasteiger charge is 2.85. The molecule has 0 saturated heterocycles. The van der Waals surface area contributed by atoms with E-state index in [2.05, 4.69) is 4.74 Å². The number of ether oxygens (including phenoxy) is 1. The van der Waals surface area contributed by atoms with Crippen molar-refractivity contribution in [3.05, 3.63) is 0 Å². The van der Waals surface area contributed by atoms with Crippen molar-refractivity contribution in [2.75, 3.05) is 0 Å². The van der Waals surface area contributed by atoms with Crippen molar-refractivity contribution >= 4 is 10.1 Å². The third-order valence-electron chi connectivity index (χ3n) is 8.06. The quantitative estimate of drug-likeness (QED) is 0.159. The van der Waals surface area contributed by atoms with Gasteiger partial charge in [-0.3, -0.25) is 9.29 Å². The molecule has 0 bridgehead atoms. The molecule has 0 radical (unpaired) electrons. The van der Waals surface area contributed by atoms with Crippen LogP contribution in [0.4, 0.5) is 57.1 Å². The third kappa shape index (κ3) is 4.77. The van der Waals surface area contributed by atoms with E-state index in [1.165, 1.54) is 0 Å². The van der Waals surface area contributed by atoms with Crippen LogP contribution >= 0.6 is 0 Å². The highest BCUT2D eigenvalue weighted by molar-refractivity contribution is 7.86. The highest BCUT2D eigenvalue weighted by Crippen LogP contribution is 2.70. The van der Waals surface area contributed by atoms with E-state index in [0.29, 0.717) is 20.8 Å². The van der Waals surface area contributed by atoms with Crippen LogP contribution in [0.2, 0.25) is 0 Å². The molecule has 0 fully saturated rings. The Labute approximate surface area is 211 Å². The molecule has 38 heavy (non-hydrogen) atoms. The Morgan fingerprint density at radius 1 is 0.684 bits per heavy atom. The van der Waals surface area contributed by atoms with E-state index < -0.39 is 87.0 Å². The number of hydrogen-bond donors (Lipinski definition) is 1. The molecule has 4 nitrogen and oxygen atoms in total. The van der Waals surface area contributed by atoms with Gasteiger partial charge in [-0.25, -0.2) is 22.0 Å². The van der Waals surface area contributed by atoms with Crippen molar-refractivity contribution < 1.29 is 74.8 Å². The van der Waals surface area contributed by atoms with Gasteiger partial charge in [-0.05, 0) is 26.2 Å². The molecule has 1 N–H and O–H groups in total. The lowest BCUT2D eigenvalue weighted by Gasteiger charge is -2.59. The second-order valence-electron chi connectivity index (χ2n) is 9.65. The van der Waals surface area contributed by atoms with Gasteiger partial charge in [0.2, 0.25) is 0 Å². The van der Waals surface area contributed by atoms with Gasteiger partial charge < -0.3 is 0 Å². The van der Waals surface area contributed by atoms with Gasteiger partial charge in [-0.2, -0.15) is 43.5 Å². The summed E-state index contributed by atoms with van der Waals surface area (Å²) >= 11 is 0. The predicted molar refractivity (Wildman–Crippen MR) is 108 cm³/mol. The van der Waals surface area contributed by atoms with Gasteiger partial charge in [0.1, 0.15) is 0 Å². The lowest BCUT2D eigenvalue weighted by atomic mass is 9.52. The molecule has 0 saturated carbocycles. The minimum Gasteiger partial charge on any atom is -0.281 e. The summed E-state index contributed by atoms with van der Waals surface area (Å²) in [5, 5.41) is -6.94. The van der Waals surface area contributed by atoms with Gasteiger partial charge in [-0.15, -0.1) is 0 Å². The minimum absolute atomic E-state index is 0.0343. The molecule has 18 heteroatoms. The van der Waals surface area contributed by atoms with Crippen LogP contribution in [0.1, 0.15) is 67.7 Å². The van der Waals surface area contributed by atoms with Crippen LogP contribution in [-0.4, -0.2) is 54.4 Å². The van der Waals surface area contributed by atoms with Crippen molar-refractivity contribution in [2.24, 2.45) is 16.2 Å². The standard InChI is InChI=1S/C20H29F13O4S/c1-8-12(4,16(25,26)11(21)22)13(5,9-2)17(27,28)18(29,14(6,10-3)15(7,23)24)37-19(30,31)20(32,33)38(34,35)36/h11H,8-10H2,1-7H3,(H,34,35,36). The molecule has 0 aliphatic rings. The van der Waals surface area contributed by atoms with E-state index in [4.69, 9.17) is 4.55 Å². The Bertz CT molecular complexity index is 953. The summed E-state index contributed by atoms with van der Waals surface area (Å²) in [6, 6.07) is 0. The fourth-order valence-electron chi connectivity index (χ4n) is 4.28. The molecule has 0 aliphatic carbocycles. The molecule has 0 aromatic heterocycles. The second-order valence-corrected chi connectivity index (χ2v) is 11.1. The lowest BCUT2D eigenvalue weighted by Crippen LogP contribution is -2.74. The van der Waals surface area contributed by atoms with Crippen molar-refractivity contribution in [3.63, 3.8) is 0 Å². The van der Waals surface area contributed by atoms with Crippen molar-refractivity contribution in [2.45, 2.75) is 109 Å². The maximum Gasteiger partial charge on any atom is 0.460 e. The smallest absolute Gasteiger partial charge is 0.281 e. The summed E-state index contributed by atoms with van der Waals surface area (Å²) in [6.45, 7) is 1.16. The van der Waals surface area contributed by atoms with E-state index in [1.54, 1.807) is 0 Å². The number of halogens is 13. The van der Waals surface area contributed by atoms with Gasteiger partial charge in [0.25, 0.3) is 11.8 Å². The van der Waals surface area contributed by atoms with Crippen LogP contribution in [0.5, 0.6) is 0 Å². The van der Waals surface area contributed by atoms with Gasteiger partial charge >= 0.3 is 39.8 Å². The van der Waals surface area contributed by atoms with E-state index in [1.807, 2.05) is 0 Å². The highest BCUT2D eigenvalue weighted by atomic mass is 32.2. The molecule has 0 amide bonds. The molecular weight excluding hydrogens is 583 g/mol. The molecule has 4 unspecified atom stereocenters. The monoisotopic (exact) mass is 612 g/mol. The largest absolute Gasteiger partial charge is 0.460 e. The molecule has 0 aromatic rings. The fourth-order valence-corrected chi connectivity index (χ4v) is 4.62. The third-order valence-corrected chi connectivity index (χ3v) is 8.94. The maximum absolute atomic E-state index is 16.5. The van der Waals surface area contributed by atoms with Crippen LogP contribution in [-0.2, 0) is 14.9 Å². The first-order chi connectivity index (χ1) is 16.3. The van der Waals surface area contributed by atoms with E-state index in [9.17, 15) is 52.3 Å². The van der Waals surface area contributed by atoms with Crippen LogP contribution in [0, 0.1) is 16.2 Å². The average Bonchev–Trinajstić information content (AvgIpc) is 2.74. The zero-order valence-corrected chi connectivity index (χ0v) is 22.0. The zero-order valence-electron chi connectivity index (χ0n) is 21.2. The number of rotatable bonds is 14. The number of hydrogen-bond acceptors (Lipinski definition) is 3. The van der Waals surface area contributed by atoms with Gasteiger partial charge in [-0.1, -0.05) is 34.6 Å². The van der Waals surface area contributed by atoms with Crippen LogP contribution in [0.15, 0.2) is 0 Å². The molecule has 0 rings (SSSR count). The Kier molecular flexibility index (Phi) is 9.83. The van der Waals surface area contributed by atoms with E-state index >= 15 is 13.2 Å². The number of alkyl halides is 13. The predicted octanol–water partition coefficient (Wildman–Crippen LogP) is 8.18. The Morgan fingerprint density at radius 2 is 1.03 bits per heavy atom. The summed E-state index contributed by atoms with van der Waals surface area (Å²) in [5.74, 6) is -22.8. The fraction of sp³-hybridized carbons (Fsp3) is 1.00. The molecule has 0 spiro atoms. The van der Waals surface area contributed by atoms with Gasteiger partial charge in [0, 0.05) is 17.8 Å². The van der Waals surface area contributed by atoms with Crippen LogP contribution < -0.4 is 0 Å². The van der Waals surface area contributed by atoms with Gasteiger partial charge in [0.15, 0.2) is 0 Å². The molecule has 0 aromatic carbocycles. The van der Waals surface area contributed by atoms with Crippen molar-refractivity contribution in [3.8, 4) is 0 Å². The minimum atomic E-state index is -7.30. The maximum atomic E-state index is 16.5. The van der Waals surface area contributed by atoms with Gasteiger partial charge in [0.05, 0.1) is 5.41 Å². The Hall–Kier alpha value is -1.04. The van der Waals surface area contributed by atoms with Crippen molar-refractivity contribution in [1.82, 2.24) is 0 Å². The molecule has 0 aliphatic heterocycles. The zero-order chi connectivity index (χ0) is 31.4.